The normalized spacial score (nSPS) is 14.8. The van der Waals surface area contributed by atoms with E-state index in [1.807, 2.05) is 5.10 Å². The molecular weight excluding hydrogens is 526 g/mol. The standard InChI is InChI=1S/C24H19F4N7O2S/c1-11-6-12(2-4-14(11)25)9-29-21(36)16-8-17(31-10-30-16)22(37)32-15-5-3-13-7-18(38-19(13)15)20-33-23(35-34-20)24(26,27)28/h2,4,6-8,10,15H,3,5,9H2,1H3,(H,29,36)(H,32,37)(H,33,34,35)/t15-/m0/s1. The highest BCUT2D eigenvalue weighted by Gasteiger charge is 2.36. The third-order valence-corrected chi connectivity index (χ3v) is 7.23. The van der Waals surface area contributed by atoms with Gasteiger partial charge in [0.25, 0.3) is 11.8 Å². The molecule has 3 heterocycles. The van der Waals surface area contributed by atoms with Gasteiger partial charge >= 0.3 is 6.18 Å². The molecule has 0 saturated heterocycles. The van der Waals surface area contributed by atoms with Gasteiger partial charge in [-0.1, -0.05) is 12.1 Å². The van der Waals surface area contributed by atoms with E-state index >= 15 is 0 Å². The Balaban J connectivity index is 1.25. The largest absolute Gasteiger partial charge is 0.451 e. The topological polar surface area (TPSA) is 126 Å². The van der Waals surface area contributed by atoms with Gasteiger partial charge in [-0.25, -0.2) is 19.3 Å². The first-order chi connectivity index (χ1) is 18.1. The van der Waals surface area contributed by atoms with Crippen molar-refractivity contribution in [1.82, 2.24) is 35.8 Å². The molecule has 1 atom stereocenters. The van der Waals surface area contributed by atoms with Crippen LogP contribution in [0.3, 0.4) is 0 Å². The van der Waals surface area contributed by atoms with E-state index in [2.05, 4.69) is 30.7 Å². The minimum Gasteiger partial charge on any atom is -0.347 e. The van der Waals surface area contributed by atoms with Crippen LogP contribution in [0, 0.1) is 12.7 Å². The molecule has 0 spiro atoms. The molecule has 1 aromatic carbocycles. The zero-order chi connectivity index (χ0) is 27.0. The summed E-state index contributed by atoms with van der Waals surface area (Å²) in [4.78, 5) is 38.1. The summed E-state index contributed by atoms with van der Waals surface area (Å²) in [5, 5.41) is 11.1. The second-order valence-corrected chi connectivity index (χ2v) is 9.71. The Kier molecular flexibility index (Phi) is 6.65. The van der Waals surface area contributed by atoms with Crippen molar-refractivity contribution in [2.75, 3.05) is 0 Å². The van der Waals surface area contributed by atoms with Crippen molar-refractivity contribution in [2.45, 2.75) is 38.5 Å². The van der Waals surface area contributed by atoms with E-state index < -0.39 is 23.8 Å². The molecule has 3 aromatic heterocycles. The van der Waals surface area contributed by atoms with Gasteiger partial charge in [0.05, 0.1) is 10.9 Å². The number of amides is 2. The maximum atomic E-state index is 13.4. The second-order valence-electron chi connectivity index (χ2n) is 8.62. The molecule has 0 saturated carbocycles. The van der Waals surface area contributed by atoms with Gasteiger partial charge < -0.3 is 10.6 Å². The lowest BCUT2D eigenvalue weighted by Crippen LogP contribution is -2.29. The highest BCUT2D eigenvalue weighted by atomic mass is 32.1. The molecule has 0 unspecified atom stereocenters. The predicted octanol–water partition coefficient (Wildman–Crippen LogP) is 4.14. The zero-order valence-electron chi connectivity index (χ0n) is 19.7. The summed E-state index contributed by atoms with van der Waals surface area (Å²) in [6.07, 6.45) is -2.30. The Bertz CT molecular complexity index is 1530. The third kappa shape index (κ3) is 5.25. The minimum absolute atomic E-state index is 0.0143. The SMILES string of the molecule is Cc1cc(CNC(=O)c2cc(C(=O)N[C@H]3CCc4cc(-c5n[nH]c(C(F)(F)F)n5)sc43)ncn2)ccc1F. The first-order valence-corrected chi connectivity index (χ1v) is 12.2. The van der Waals surface area contributed by atoms with Gasteiger partial charge in [0.2, 0.25) is 5.82 Å². The molecule has 1 aliphatic rings. The highest BCUT2D eigenvalue weighted by molar-refractivity contribution is 7.15. The fourth-order valence-electron chi connectivity index (χ4n) is 4.04. The van der Waals surface area contributed by atoms with E-state index in [1.54, 1.807) is 25.1 Å². The van der Waals surface area contributed by atoms with Crippen molar-refractivity contribution in [2.24, 2.45) is 0 Å². The van der Waals surface area contributed by atoms with Crippen LogP contribution >= 0.6 is 11.3 Å². The molecule has 2 amide bonds. The van der Waals surface area contributed by atoms with Gasteiger partial charge in [0.15, 0.2) is 5.82 Å². The summed E-state index contributed by atoms with van der Waals surface area (Å²) >= 11 is 1.21. The number of nitrogens with zero attached hydrogens (tertiary/aromatic N) is 4. The number of hydrogen-bond acceptors (Lipinski definition) is 7. The molecule has 5 rings (SSSR count). The molecule has 3 N–H and O–H groups in total. The van der Waals surface area contributed by atoms with E-state index in [9.17, 15) is 27.2 Å². The number of fused-ring (bicyclic) bond motifs is 1. The number of aromatic amines is 1. The number of hydrogen-bond donors (Lipinski definition) is 3. The summed E-state index contributed by atoms with van der Waals surface area (Å²) in [5.74, 6) is -2.64. The average Bonchev–Trinajstić information content (AvgIpc) is 3.61. The molecule has 0 aliphatic heterocycles. The lowest BCUT2D eigenvalue weighted by Gasteiger charge is -2.12. The van der Waals surface area contributed by atoms with Crippen molar-refractivity contribution < 1.29 is 27.2 Å². The summed E-state index contributed by atoms with van der Waals surface area (Å²) in [6, 6.07) is 7.11. The monoisotopic (exact) mass is 545 g/mol. The maximum absolute atomic E-state index is 13.4. The number of benzene rings is 1. The van der Waals surface area contributed by atoms with Crippen LogP contribution in [0.2, 0.25) is 0 Å². The second kappa shape index (κ2) is 9.93. The van der Waals surface area contributed by atoms with Gasteiger partial charge in [0.1, 0.15) is 23.5 Å². The lowest BCUT2D eigenvalue weighted by atomic mass is 10.1. The minimum atomic E-state index is -4.63. The molecule has 0 radical (unpaired) electrons. The number of H-pyrrole nitrogens is 1. The van der Waals surface area contributed by atoms with Crippen molar-refractivity contribution in [1.29, 1.82) is 0 Å². The van der Waals surface area contributed by atoms with Crippen LogP contribution in [0.4, 0.5) is 17.6 Å². The smallest absolute Gasteiger partial charge is 0.347 e. The van der Waals surface area contributed by atoms with Crippen molar-refractivity contribution in [3.63, 3.8) is 0 Å². The number of halogens is 4. The summed E-state index contributed by atoms with van der Waals surface area (Å²) < 4.78 is 52.0. The van der Waals surface area contributed by atoms with Gasteiger partial charge in [-0.15, -0.1) is 11.3 Å². The van der Waals surface area contributed by atoms with Crippen molar-refractivity contribution in [3.05, 3.63) is 81.3 Å². The van der Waals surface area contributed by atoms with Crippen LogP contribution in [0.5, 0.6) is 0 Å². The molecule has 9 nitrogen and oxygen atoms in total. The number of carbonyl (C=O) groups excluding carboxylic acids is 2. The van der Waals surface area contributed by atoms with Crippen LogP contribution < -0.4 is 10.6 Å². The van der Waals surface area contributed by atoms with E-state index in [1.165, 1.54) is 23.5 Å². The summed E-state index contributed by atoms with van der Waals surface area (Å²) in [6.45, 7) is 1.77. The Morgan fingerprint density at radius 1 is 1.13 bits per heavy atom. The van der Waals surface area contributed by atoms with Crippen LogP contribution in [-0.4, -0.2) is 37.0 Å². The summed E-state index contributed by atoms with van der Waals surface area (Å²) in [7, 11) is 0. The van der Waals surface area contributed by atoms with Gasteiger partial charge in [-0.3, -0.25) is 14.7 Å². The fraction of sp³-hybridized carbons (Fsp3) is 0.250. The zero-order valence-corrected chi connectivity index (χ0v) is 20.5. The molecule has 38 heavy (non-hydrogen) atoms. The first kappa shape index (κ1) is 25.4. The maximum Gasteiger partial charge on any atom is 0.451 e. The van der Waals surface area contributed by atoms with Crippen LogP contribution in [-0.2, 0) is 19.1 Å². The Labute approximate surface area is 216 Å². The highest BCUT2D eigenvalue weighted by Crippen LogP contribution is 2.41. The van der Waals surface area contributed by atoms with Crippen LogP contribution in [0.1, 0.15) is 60.8 Å². The van der Waals surface area contributed by atoms with E-state index in [0.717, 1.165) is 16.8 Å². The molecule has 1 aliphatic carbocycles. The predicted molar refractivity (Wildman–Crippen MR) is 128 cm³/mol. The fourth-order valence-corrected chi connectivity index (χ4v) is 5.27. The Hall–Kier alpha value is -4.20. The lowest BCUT2D eigenvalue weighted by molar-refractivity contribution is -0.144. The van der Waals surface area contributed by atoms with E-state index in [0.29, 0.717) is 28.8 Å². The molecular formula is C24H19F4N7O2S. The number of alkyl halides is 3. The van der Waals surface area contributed by atoms with Crippen molar-refractivity contribution >= 4 is 23.2 Å². The summed E-state index contributed by atoms with van der Waals surface area (Å²) in [5.41, 5.74) is 2.03. The number of rotatable bonds is 6. The van der Waals surface area contributed by atoms with Crippen LogP contribution in [0.15, 0.2) is 36.7 Å². The molecule has 4 aromatic rings. The number of nitrogens with one attached hydrogen (secondary N) is 3. The Morgan fingerprint density at radius 3 is 2.61 bits per heavy atom. The third-order valence-electron chi connectivity index (χ3n) is 5.95. The van der Waals surface area contributed by atoms with E-state index in [-0.39, 0.29) is 35.6 Å². The first-order valence-electron chi connectivity index (χ1n) is 11.4. The quantitative estimate of drug-likeness (QED) is 0.313. The molecule has 0 fully saturated rings. The number of aryl methyl sites for hydroxylation is 2. The van der Waals surface area contributed by atoms with E-state index in [4.69, 9.17) is 0 Å². The number of carbonyl (C=O) groups is 2. The van der Waals surface area contributed by atoms with Crippen molar-refractivity contribution in [3.8, 4) is 10.7 Å². The molecule has 196 valence electrons. The van der Waals surface area contributed by atoms with Crippen LogP contribution in [0.25, 0.3) is 10.7 Å². The van der Waals surface area contributed by atoms with Gasteiger partial charge in [-0.2, -0.15) is 18.3 Å². The Morgan fingerprint density at radius 2 is 1.89 bits per heavy atom. The van der Waals surface area contributed by atoms with Gasteiger partial charge in [0, 0.05) is 17.5 Å². The van der Waals surface area contributed by atoms with Gasteiger partial charge in [-0.05, 0) is 48.6 Å². The number of aromatic nitrogens is 5. The number of thiophene rings is 1. The molecule has 0 bridgehead atoms. The molecule has 14 heteroatoms. The average molecular weight is 546 g/mol.